The second-order valence-electron chi connectivity index (χ2n) is 5.41. The third-order valence-corrected chi connectivity index (χ3v) is 3.70. The molecule has 0 spiro atoms. The van der Waals surface area contributed by atoms with E-state index in [1.165, 1.54) is 6.20 Å². The van der Waals surface area contributed by atoms with E-state index >= 15 is 0 Å². The molecule has 3 rings (SSSR count). The first-order valence-corrected chi connectivity index (χ1v) is 7.81. The summed E-state index contributed by atoms with van der Waals surface area (Å²) in [6.45, 7) is 1.02. The third kappa shape index (κ3) is 4.19. The topological polar surface area (TPSA) is 68.0 Å². The van der Waals surface area contributed by atoms with Gasteiger partial charge in [-0.15, -0.1) is 0 Å². The molecular weight excluding hydrogens is 314 g/mol. The zero-order valence-corrected chi connectivity index (χ0v) is 13.8. The van der Waals surface area contributed by atoms with E-state index in [0.29, 0.717) is 24.6 Å². The van der Waals surface area contributed by atoms with Gasteiger partial charge in [0.05, 0.1) is 20.3 Å². The molecule has 0 unspecified atom stereocenters. The number of benzene rings is 2. The number of hydrogen-bond donors (Lipinski definition) is 0. The molecule has 0 fully saturated rings. The molecule has 5 nitrogen and oxygen atoms in total. The Bertz CT molecular complexity index is 886. The largest absolute Gasteiger partial charge is 0.497 e. The molecule has 0 aliphatic rings. The minimum Gasteiger partial charge on any atom is -0.497 e. The third-order valence-electron chi connectivity index (χ3n) is 3.70. The maximum atomic E-state index is 9.11. The summed E-state index contributed by atoms with van der Waals surface area (Å²) >= 11 is 0. The van der Waals surface area contributed by atoms with Crippen molar-refractivity contribution >= 4 is 0 Å². The SMILES string of the molecule is COc1cccc(COCc2ccc(-c3nccnc3C#N)cc2)c1. The summed E-state index contributed by atoms with van der Waals surface area (Å²) in [5.74, 6) is 0.822. The number of nitriles is 1. The van der Waals surface area contributed by atoms with Crippen molar-refractivity contribution in [2.24, 2.45) is 0 Å². The number of ether oxygens (including phenoxy) is 2. The van der Waals surface area contributed by atoms with Crippen molar-refractivity contribution < 1.29 is 9.47 Å². The van der Waals surface area contributed by atoms with E-state index in [4.69, 9.17) is 14.7 Å². The summed E-state index contributed by atoms with van der Waals surface area (Å²) in [5.41, 5.74) is 3.89. The van der Waals surface area contributed by atoms with Crippen molar-refractivity contribution in [2.45, 2.75) is 13.2 Å². The lowest BCUT2D eigenvalue weighted by Gasteiger charge is -2.07. The lowest BCUT2D eigenvalue weighted by molar-refractivity contribution is 0.107. The first kappa shape index (κ1) is 16.6. The Balaban J connectivity index is 1.62. The fraction of sp³-hybridized carbons (Fsp3) is 0.150. The minimum atomic E-state index is 0.324. The van der Waals surface area contributed by atoms with Crippen molar-refractivity contribution in [3.8, 4) is 23.1 Å². The molecule has 5 heteroatoms. The Morgan fingerprint density at radius 3 is 2.48 bits per heavy atom. The first-order valence-electron chi connectivity index (χ1n) is 7.81. The van der Waals surface area contributed by atoms with E-state index in [-0.39, 0.29) is 0 Å². The van der Waals surface area contributed by atoms with E-state index in [9.17, 15) is 0 Å². The van der Waals surface area contributed by atoms with Crippen LogP contribution in [-0.2, 0) is 18.0 Å². The molecule has 0 radical (unpaired) electrons. The van der Waals surface area contributed by atoms with Crippen LogP contribution in [0.5, 0.6) is 5.75 Å². The highest BCUT2D eigenvalue weighted by Gasteiger charge is 2.07. The molecule has 2 aromatic carbocycles. The van der Waals surface area contributed by atoms with Crippen molar-refractivity contribution in [3.63, 3.8) is 0 Å². The maximum Gasteiger partial charge on any atom is 0.166 e. The fourth-order valence-electron chi connectivity index (χ4n) is 2.44. The van der Waals surface area contributed by atoms with Crippen LogP contribution in [-0.4, -0.2) is 17.1 Å². The molecule has 0 aliphatic carbocycles. The molecule has 0 amide bonds. The molecule has 0 atom stereocenters. The van der Waals surface area contributed by atoms with Crippen LogP contribution in [0.1, 0.15) is 16.8 Å². The predicted octanol–water partition coefficient (Wildman–Crippen LogP) is 3.74. The number of aromatic nitrogens is 2. The summed E-state index contributed by atoms with van der Waals surface area (Å²) in [7, 11) is 1.65. The zero-order valence-electron chi connectivity index (χ0n) is 13.8. The van der Waals surface area contributed by atoms with Crippen LogP contribution in [0.4, 0.5) is 0 Å². The van der Waals surface area contributed by atoms with Gasteiger partial charge in [-0.1, -0.05) is 36.4 Å². The molecule has 0 N–H and O–H groups in total. The van der Waals surface area contributed by atoms with Gasteiger partial charge in [0, 0.05) is 18.0 Å². The fourth-order valence-corrected chi connectivity index (χ4v) is 2.44. The highest BCUT2D eigenvalue weighted by molar-refractivity contribution is 5.64. The zero-order chi connectivity index (χ0) is 17.5. The minimum absolute atomic E-state index is 0.324. The Hall–Kier alpha value is -3.23. The second kappa shape index (κ2) is 8.04. The second-order valence-corrected chi connectivity index (χ2v) is 5.41. The monoisotopic (exact) mass is 331 g/mol. The molecular formula is C20H17N3O2. The summed E-state index contributed by atoms with van der Waals surface area (Å²) < 4.78 is 11.0. The average Bonchev–Trinajstić information content (AvgIpc) is 2.68. The van der Waals surface area contributed by atoms with E-state index in [1.807, 2.05) is 48.5 Å². The molecule has 0 aliphatic heterocycles. The standard InChI is InChI=1S/C20H17N3O2/c1-24-18-4-2-3-16(11-18)14-25-13-15-5-7-17(8-6-15)20-19(12-21)22-9-10-23-20/h2-11H,13-14H2,1H3. The van der Waals surface area contributed by atoms with Crippen molar-refractivity contribution in [1.82, 2.24) is 9.97 Å². The molecule has 0 bridgehead atoms. The summed E-state index contributed by atoms with van der Waals surface area (Å²) in [6.07, 6.45) is 3.10. The smallest absolute Gasteiger partial charge is 0.166 e. The Kier molecular flexibility index (Phi) is 5.35. The van der Waals surface area contributed by atoms with Gasteiger partial charge in [-0.3, -0.25) is 4.98 Å². The Morgan fingerprint density at radius 2 is 1.72 bits per heavy atom. The van der Waals surface area contributed by atoms with Gasteiger partial charge in [0.1, 0.15) is 17.5 Å². The van der Waals surface area contributed by atoms with E-state index in [2.05, 4.69) is 16.0 Å². The molecule has 0 saturated heterocycles. The predicted molar refractivity (Wildman–Crippen MR) is 93.7 cm³/mol. The van der Waals surface area contributed by atoms with Gasteiger partial charge in [-0.2, -0.15) is 5.26 Å². The first-order chi connectivity index (χ1) is 12.3. The molecule has 25 heavy (non-hydrogen) atoms. The van der Waals surface area contributed by atoms with Crippen LogP contribution < -0.4 is 4.74 Å². The summed E-state index contributed by atoms with van der Waals surface area (Å²) in [4.78, 5) is 8.27. The maximum absolute atomic E-state index is 9.11. The molecule has 124 valence electrons. The van der Waals surface area contributed by atoms with Crippen molar-refractivity contribution in [1.29, 1.82) is 5.26 Å². The van der Waals surface area contributed by atoms with Crippen LogP contribution in [0.3, 0.4) is 0 Å². The average molecular weight is 331 g/mol. The van der Waals surface area contributed by atoms with Crippen LogP contribution in [0.15, 0.2) is 60.9 Å². The van der Waals surface area contributed by atoms with Crippen LogP contribution in [0.2, 0.25) is 0 Å². The molecule has 0 saturated carbocycles. The lowest BCUT2D eigenvalue weighted by atomic mass is 10.1. The number of rotatable bonds is 6. The van der Waals surface area contributed by atoms with Gasteiger partial charge >= 0.3 is 0 Å². The van der Waals surface area contributed by atoms with E-state index < -0.39 is 0 Å². The van der Waals surface area contributed by atoms with Crippen LogP contribution in [0, 0.1) is 11.3 Å². The molecule has 1 heterocycles. The number of methoxy groups -OCH3 is 1. The quantitative estimate of drug-likeness (QED) is 0.688. The lowest BCUT2D eigenvalue weighted by Crippen LogP contribution is -1.96. The number of hydrogen-bond acceptors (Lipinski definition) is 5. The van der Waals surface area contributed by atoms with Gasteiger partial charge < -0.3 is 9.47 Å². The van der Waals surface area contributed by atoms with E-state index in [1.54, 1.807) is 13.3 Å². The number of nitrogens with zero attached hydrogens (tertiary/aromatic N) is 3. The highest BCUT2D eigenvalue weighted by atomic mass is 16.5. The molecule has 3 aromatic rings. The summed E-state index contributed by atoms with van der Waals surface area (Å²) in [5, 5.41) is 9.11. The van der Waals surface area contributed by atoms with Gasteiger partial charge in [0.25, 0.3) is 0 Å². The van der Waals surface area contributed by atoms with E-state index in [0.717, 1.165) is 22.4 Å². The van der Waals surface area contributed by atoms with Crippen LogP contribution in [0.25, 0.3) is 11.3 Å². The Morgan fingerprint density at radius 1 is 0.960 bits per heavy atom. The normalized spacial score (nSPS) is 10.2. The van der Waals surface area contributed by atoms with Gasteiger partial charge in [0.2, 0.25) is 0 Å². The highest BCUT2D eigenvalue weighted by Crippen LogP contribution is 2.20. The Labute approximate surface area is 146 Å². The van der Waals surface area contributed by atoms with Crippen LogP contribution >= 0.6 is 0 Å². The van der Waals surface area contributed by atoms with Gasteiger partial charge in [0.15, 0.2) is 5.69 Å². The summed E-state index contributed by atoms with van der Waals surface area (Å²) in [6, 6.07) is 17.7. The van der Waals surface area contributed by atoms with Gasteiger partial charge in [-0.25, -0.2) is 4.98 Å². The van der Waals surface area contributed by atoms with Crippen molar-refractivity contribution in [2.75, 3.05) is 7.11 Å². The van der Waals surface area contributed by atoms with Gasteiger partial charge in [-0.05, 0) is 23.3 Å². The van der Waals surface area contributed by atoms with Crippen molar-refractivity contribution in [3.05, 3.63) is 77.7 Å². The molecule has 1 aromatic heterocycles.